The number of hydrogen-bond acceptors (Lipinski definition) is 4. The van der Waals surface area contributed by atoms with Gasteiger partial charge >= 0.3 is 0 Å². The molecule has 0 aliphatic heterocycles. The van der Waals surface area contributed by atoms with Gasteiger partial charge in [0.15, 0.2) is 0 Å². The van der Waals surface area contributed by atoms with Crippen molar-refractivity contribution in [2.24, 2.45) is 0 Å². The topological polar surface area (TPSA) is 84.3 Å². The minimum Gasteiger partial charge on any atom is -0.336 e. The van der Waals surface area contributed by atoms with E-state index in [4.69, 9.17) is 23.2 Å². The molecular formula is C20H18Cl2N4O3. The molecule has 3 aromatic rings. The highest BCUT2D eigenvalue weighted by Gasteiger charge is 2.16. The molecule has 9 heteroatoms. The first-order chi connectivity index (χ1) is 13.9. The van der Waals surface area contributed by atoms with Gasteiger partial charge in [-0.25, -0.2) is 4.98 Å². The van der Waals surface area contributed by atoms with Crippen LogP contribution in [0.25, 0.3) is 10.9 Å². The molecule has 0 atom stereocenters. The quantitative estimate of drug-likeness (QED) is 0.647. The van der Waals surface area contributed by atoms with Crippen LogP contribution < -0.4 is 10.9 Å². The van der Waals surface area contributed by atoms with Crippen LogP contribution in [-0.4, -0.2) is 39.9 Å². The number of carbonyl (C=O) groups is 2. The molecule has 1 N–H and O–H groups in total. The Morgan fingerprint density at radius 1 is 1.10 bits per heavy atom. The lowest BCUT2D eigenvalue weighted by molar-refractivity contribution is -0.133. The normalized spacial score (nSPS) is 10.7. The van der Waals surface area contributed by atoms with Gasteiger partial charge in [0.25, 0.3) is 5.56 Å². The summed E-state index contributed by atoms with van der Waals surface area (Å²) in [6.45, 7) is -0.0109. The number of nitrogens with one attached hydrogen (secondary N) is 1. The highest BCUT2D eigenvalue weighted by atomic mass is 35.5. The lowest BCUT2D eigenvalue weighted by Gasteiger charge is -2.18. The van der Waals surface area contributed by atoms with Crippen molar-refractivity contribution in [1.82, 2.24) is 14.5 Å². The summed E-state index contributed by atoms with van der Waals surface area (Å²) in [7, 11) is 1.51. The molecule has 7 nitrogen and oxygen atoms in total. The Balaban J connectivity index is 1.59. The van der Waals surface area contributed by atoms with E-state index >= 15 is 0 Å². The molecule has 1 aromatic heterocycles. The summed E-state index contributed by atoms with van der Waals surface area (Å²) >= 11 is 12.1. The fourth-order valence-corrected chi connectivity index (χ4v) is 3.26. The molecule has 0 spiro atoms. The SMILES string of the molecule is CN(CC(=O)Nc1c(Cl)cccc1Cl)C(=O)CCn1cnc2ccccc2c1=O. The third-order valence-corrected chi connectivity index (χ3v) is 4.96. The van der Waals surface area contributed by atoms with Gasteiger partial charge in [-0.05, 0) is 24.3 Å². The lowest BCUT2D eigenvalue weighted by Crippen LogP contribution is -2.36. The van der Waals surface area contributed by atoms with Gasteiger partial charge in [0, 0.05) is 20.0 Å². The summed E-state index contributed by atoms with van der Waals surface area (Å²) in [6.07, 6.45) is 1.47. The minimum absolute atomic E-state index is 0.0521. The van der Waals surface area contributed by atoms with E-state index in [2.05, 4.69) is 10.3 Å². The van der Waals surface area contributed by atoms with Crippen LogP contribution in [0.5, 0.6) is 0 Å². The monoisotopic (exact) mass is 432 g/mol. The molecular weight excluding hydrogens is 415 g/mol. The fourth-order valence-electron chi connectivity index (χ4n) is 2.77. The number of likely N-dealkylation sites (N-methyl/N-ethyl adjacent to an activating group) is 1. The van der Waals surface area contributed by atoms with Gasteiger partial charge in [0.1, 0.15) is 0 Å². The second-order valence-corrected chi connectivity index (χ2v) is 7.22. The summed E-state index contributed by atoms with van der Waals surface area (Å²) in [5, 5.41) is 3.71. The number of rotatable bonds is 6. The zero-order valence-electron chi connectivity index (χ0n) is 15.6. The van der Waals surface area contributed by atoms with E-state index in [1.165, 1.54) is 22.8 Å². The van der Waals surface area contributed by atoms with E-state index in [0.717, 1.165) is 0 Å². The van der Waals surface area contributed by atoms with Gasteiger partial charge in [-0.3, -0.25) is 19.0 Å². The number of carbonyl (C=O) groups excluding carboxylic acids is 2. The smallest absolute Gasteiger partial charge is 0.261 e. The van der Waals surface area contributed by atoms with Crippen molar-refractivity contribution in [3.05, 3.63) is 69.2 Å². The van der Waals surface area contributed by atoms with E-state index in [9.17, 15) is 14.4 Å². The number of nitrogens with zero attached hydrogens (tertiary/aromatic N) is 3. The molecule has 0 aliphatic carbocycles. The van der Waals surface area contributed by atoms with Crippen molar-refractivity contribution < 1.29 is 9.59 Å². The first kappa shape index (κ1) is 20.8. The maximum Gasteiger partial charge on any atom is 0.261 e. The van der Waals surface area contributed by atoms with Gasteiger partial charge in [0.2, 0.25) is 11.8 Å². The van der Waals surface area contributed by atoms with Gasteiger partial charge in [0.05, 0.1) is 39.5 Å². The van der Waals surface area contributed by atoms with E-state index in [0.29, 0.717) is 26.6 Å². The van der Waals surface area contributed by atoms with Gasteiger partial charge in [-0.15, -0.1) is 0 Å². The molecule has 0 aliphatic rings. The largest absolute Gasteiger partial charge is 0.336 e. The van der Waals surface area contributed by atoms with Crippen molar-refractivity contribution in [3.63, 3.8) is 0 Å². The number of benzene rings is 2. The number of aromatic nitrogens is 2. The number of hydrogen-bond donors (Lipinski definition) is 1. The molecule has 2 aromatic carbocycles. The molecule has 29 heavy (non-hydrogen) atoms. The van der Waals surface area contributed by atoms with Gasteiger partial charge in [-0.1, -0.05) is 41.4 Å². The Hall–Kier alpha value is -2.90. The van der Waals surface area contributed by atoms with E-state index < -0.39 is 5.91 Å². The number of para-hydroxylation sites is 2. The Labute approximate surface area is 176 Å². The summed E-state index contributed by atoms with van der Waals surface area (Å²) in [5.74, 6) is -0.717. The highest BCUT2D eigenvalue weighted by molar-refractivity contribution is 6.39. The van der Waals surface area contributed by atoms with Crippen LogP contribution >= 0.6 is 23.2 Å². The molecule has 0 saturated carbocycles. The minimum atomic E-state index is -0.430. The third kappa shape index (κ3) is 4.93. The molecule has 2 amide bonds. The Morgan fingerprint density at radius 3 is 2.52 bits per heavy atom. The van der Waals surface area contributed by atoms with Crippen LogP contribution in [0, 0.1) is 0 Å². The zero-order valence-corrected chi connectivity index (χ0v) is 17.1. The third-order valence-electron chi connectivity index (χ3n) is 4.33. The van der Waals surface area contributed by atoms with Crippen LogP contribution in [0.15, 0.2) is 53.6 Å². The van der Waals surface area contributed by atoms with Gasteiger partial charge in [-0.2, -0.15) is 0 Å². The van der Waals surface area contributed by atoms with Crippen LogP contribution in [0.3, 0.4) is 0 Å². The molecule has 1 heterocycles. The van der Waals surface area contributed by atoms with Crippen LogP contribution in [0.4, 0.5) is 5.69 Å². The predicted molar refractivity (Wildman–Crippen MR) is 113 cm³/mol. The Kier molecular flexibility index (Phi) is 6.51. The van der Waals surface area contributed by atoms with Crippen LogP contribution in [-0.2, 0) is 16.1 Å². The number of anilines is 1. The number of halogens is 2. The summed E-state index contributed by atoms with van der Waals surface area (Å²) in [6, 6.07) is 11.9. The number of aryl methyl sites for hydroxylation is 1. The number of fused-ring (bicyclic) bond motifs is 1. The van der Waals surface area contributed by atoms with Crippen molar-refractivity contribution in [1.29, 1.82) is 0 Å². The molecule has 0 bridgehead atoms. The second kappa shape index (κ2) is 9.07. The van der Waals surface area contributed by atoms with E-state index in [1.54, 1.807) is 42.5 Å². The number of amides is 2. The first-order valence-electron chi connectivity index (χ1n) is 8.79. The van der Waals surface area contributed by atoms with E-state index in [1.807, 2.05) is 0 Å². The molecule has 0 radical (unpaired) electrons. The maximum absolute atomic E-state index is 12.5. The predicted octanol–water partition coefficient (Wildman–Crippen LogP) is 3.19. The molecule has 0 fully saturated rings. The summed E-state index contributed by atoms with van der Waals surface area (Å²) in [5.41, 5.74) is 0.694. The Bertz CT molecular complexity index is 1110. The Morgan fingerprint density at radius 2 is 1.79 bits per heavy atom. The zero-order chi connectivity index (χ0) is 21.0. The summed E-state index contributed by atoms with van der Waals surface area (Å²) < 4.78 is 1.39. The molecule has 0 unspecified atom stereocenters. The average Bonchev–Trinajstić information content (AvgIpc) is 2.70. The van der Waals surface area contributed by atoms with Crippen molar-refractivity contribution >= 4 is 51.6 Å². The molecule has 150 valence electrons. The fraction of sp³-hybridized carbons (Fsp3) is 0.200. The van der Waals surface area contributed by atoms with Crippen molar-refractivity contribution in [2.45, 2.75) is 13.0 Å². The first-order valence-corrected chi connectivity index (χ1v) is 9.54. The lowest BCUT2D eigenvalue weighted by atomic mass is 10.2. The van der Waals surface area contributed by atoms with Crippen LogP contribution in [0.2, 0.25) is 10.0 Å². The molecule has 3 rings (SSSR count). The van der Waals surface area contributed by atoms with Crippen LogP contribution in [0.1, 0.15) is 6.42 Å². The second-order valence-electron chi connectivity index (χ2n) is 6.40. The summed E-state index contributed by atoms with van der Waals surface area (Å²) in [4.78, 5) is 42.6. The molecule has 0 saturated heterocycles. The highest BCUT2D eigenvalue weighted by Crippen LogP contribution is 2.29. The van der Waals surface area contributed by atoms with Crippen molar-refractivity contribution in [2.75, 3.05) is 18.9 Å². The standard InChI is InChI=1S/C20H18Cl2N4O3/c1-25(11-17(27)24-19-14(21)6-4-7-15(19)22)18(28)9-10-26-12-23-16-8-3-2-5-13(16)20(26)29/h2-8,12H,9-11H2,1H3,(H,24,27). The average molecular weight is 433 g/mol. The van der Waals surface area contributed by atoms with Crippen molar-refractivity contribution in [3.8, 4) is 0 Å². The van der Waals surface area contributed by atoms with Gasteiger partial charge < -0.3 is 10.2 Å². The van der Waals surface area contributed by atoms with E-state index in [-0.39, 0.29) is 31.0 Å². The maximum atomic E-state index is 12.5.